The van der Waals surface area contributed by atoms with E-state index in [2.05, 4.69) is 31.4 Å². The van der Waals surface area contributed by atoms with E-state index in [1.54, 1.807) is 0 Å². The lowest BCUT2D eigenvalue weighted by Crippen LogP contribution is -2.38. The van der Waals surface area contributed by atoms with Crippen LogP contribution in [0.25, 0.3) is 0 Å². The van der Waals surface area contributed by atoms with Crippen molar-refractivity contribution in [2.24, 2.45) is 11.3 Å². The van der Waals surface area contributed by atoms with Crippen LogP contribution in [0.15, 0.2) is 0 Å². The zero-order valence-electron chi connectivity index (χ0n) is 11.5. The highest BCUT2D eigenvalue weighted by atomic mass is 32.1. The maximum absolute atomic E-state index is 9.20. The van der Waals surface area contributed by atoms with Crippen LogP contribution >= 0.6 is 12.6 Å². The molecule has 1 fully saturated rings. The minimum Gasteiger partial charge on any atom is -0.396 e. The number of likely N-dealkylation sites (tertiary alicyclic amines) is 1. The third-order valence-electron chi connectivity index (χ3n) is 4.08. The van der Waals surface area contributed by atoms with Crippen LogP contribution < -0.4 is 0 Å². The fourth-order valence-corrected chi connectivity index (χ4v) is 3.65. The quantitative estimate of drug-likeness (QED) is 0.655. The van der Waals surface area contributed by atoms with Gasteiger partial charge >= 0.3 is 0 Å². The molecule has 1 rings (SSSR count). The molecule has 3 heteroatoms. The molecule has 0 saturated carbocycles. The lowest BCUT2D eigenvalue weighted by atomic mass is 9.80. The molecule has 0 bridgehead atoms. The van der Waals surface area contributed by atoms with Crippen LogP contribution in [0.3, 0.4) is 0 Å². The molecule has 1 heterocycles. The van der Waals surface area contributed by atoms with Crippen molar-refractivity contribution in [1.29, 1.82) is 0 Å². The van der Waals surface area contributed by atoms with E-state index >= 15 is 0 Å². The number of aliphatic hydroxyl groups excluding tert-OH is 1. The molecule has 17 heavy (non-hydrogen) atoms. The molecule has 0 amide bonds. The number of aliphatic hydroxyl groups is 1. The highest BCUT2D eigenvalue weighted by Crippen LogP contribution is 2.34. The van der Waals surface area contributed by atoms with Gasteiger partial charge in [-0.25, -0.2) is 0 Å². The second kappa shape index (κ2) is 7.65. The number of hydrogen-bond donors (Lipinski definition) is 2. The minimum absolute atomic E-state index is 0.353. The molecule has 1 aliphatic rings. The van der Waals surface area contributed by atoms with Gasteiger partial charge in [0.25, 0.3) is 0 Å². The summed E-state index contributed by atoms with van der Waals surface area (Å²) in [6.07, 6.45) is 6.22. The van der Waals surface area contributed by atoms with Crippen molar-refractivity contribution >= 4 is 12.6 Å². The molecule has 102 valence electrons. The molecule has 1 N–H and O–H groups in total. The lowest BCUT2D eigenvalue weighted by Gasteiger charge is -2.36. The molecule has 0 aromatic heterocycles. The molecular weight excluding hydrogens is 230 g/mol. The number of hydrogen-bond acceptors (Lipinski definition) is 3. The third-order valence-corrected chi connectivity index (χ3v) is 4.75. The predicted octanol–water partition coefficient (Wildman–Crippen LogP) is 2.82. The zero-order valence-corrected chi connectivity index (χ0v) is 12.4. The van der Waals surface area contributed by atoms with E-state index in [0.717, 1.165) is 25.3 Å². The Kier molecular flexibility index (Phi) is 6.90. The Balaban J connectivity index is 2.53. The first-order chi connectivity index (χ1) is 8.19. The zero-order chi connectivity index (χ0) is 12.7. The summed E-state index contributed by atoms with van der Waals surface area (Å²) in [7, 11) is 0. The Morgan fingerprint density at radius 1 is 1.29 bits per heavy atom. The van der Waals surface area contributed by atoms with Crippen molar-refractivity contribution in [2.45, 2.75) is 46.0 Å². The van der Waals surface area contributed by atoms with Gasteiger partial charge in [-0.3, -0.25) is 0 Å². The summed E-state index contributed by atoms with van der Waals surface area (Å²) in [5.74, 6) is 1.51. The summed E-state index contributed by atoms with van der Waals surface area (Å²) in [4.78, 5) is 2.54. The van der Waals surface area contributed by atoms with Crippen molar-refractivity contribution in [2.75, 3.05) is 32.0 Å². The summed E-state index contributed by atoms with van der Waals surface area (Å²) in [5.41, 5.74) is 0.400. The molecule has 1 aliphatic heterocycles. The van der Waals surface area contributed by atoms with E-state index in [9.17, 15) is 5.11 Å². The molecule has 1 unspecified atom stereocenters. The number of rotatable bonds is 8. The van der Waals surface area contributed by atoms with Crippen LogP contribution in [0.4, 0.5) is 0 Å². The summed E-state index contributed by atoms with van der Waals surface area (Å²) < 4.78 is 0. The van der Waals surface area contributed by atoms with Gasteiger partial charge in [0.05, 0.1) is 0 Å². The Morgan fingerprint density at radius 3 is 2.35 bits per heavy atom. The fourth-order valence-electron chi connectivity index (χ4n) is 3.23. The third kappa shape index (κ3) is 4.46. The van der Waals surface area contributed by atoms with E-state index in [1.807, 2.05) is 0 Å². The molecular formula is C14H29NOS. The topological polar surface area (TPSA) is 23.5 Å². The summed E-state index contributed by atoms with van der Waals surface area (Å²) >= 11 is 4.61. The second-order valence-corrected chi connectivity index (χ2v) is 6.05. The van der Waals surface area contributed by atoms with Gasteiger partial charge in [-0.1, -0.05) is 26.7 Å². The van der Waals surface area contributed by atoms with Crippen LogP contribution in [-0.2, 0) is 0 Å². The van der Waals surface area contributed by atoms with Gasteiger partial charge < -0.3 is 10.0 Å². The summed E-state index contributed by atoms with van der Waals surface area (Å²) in [6, 6.07) is 0. The SMILES string of the molecule is CCCC(CS)(CCC)CN1CCC(CO)C1. The second-order valence-electron chi connectivity index (χ2n) is 5.73. The monoisotopic (exact) mass is 259 g/mol. The van der Waals surface area contributed by atoms with Gasteiger partial charge in [0.15, 0.2) is 0 Å². The fraction of sp³-hybridized carbons (Fsp3) is 1.00. The van der Waals surface area contributed by atoms with Gasteiger partial charge in [-0.05, 0) is 42.9 Å². The van der Waals surface area contributed by atoms with Crippen LogP contribution in [0.5, 0.6) is 0 Å². The molecule has 0 aromatic carbocycles. The van der Waals surface area contributed by atoms with Crippen LogP contribution in [0, 0.1) is 11.3 Å². The van der Waals surface area contributed by atoms with Crippen molar-refractivity contribution in [1.82, 2.24) is 4.90 Å². The van der Waals surface area contributed by atoms with E-state index in [-0.39, 0.29) is 0 Å². The van der Waals surface area contributed by atoms with E-state index in [0.29, 0.717) is 17.9 Å². The maximum Gasteiger partial charge on any atom is 0.0471 e. The highest BCUT2D eigenvalue weighted by molar-refractivity contribution is 7.80. The van der Waals surface area contributed by atoms with E-state index < -0.39 is 0 Å². The Labute approximate surface area is 112 Å². The number of thiol groups is 1. The van der Waals surface area contributed by atoms with E-state index in [4.69, 9.17) is 0 Å². The molecule has 0 radical (unpaired) electrons. The first-order valence-electron chi connectivity index (χ1n) is 7.13. The Hall–Kier alpha value is 0.270. The Bertz CT molecular complexity index is 204. The van der Waals surface area contributed by atoms with Crippen molar-refractivity contribution in [3.63, 3.8) is 0 Å². The highest BCUT2D eigenvalue weighted by Gasteiger charge is 2.32. The maximum atomic E-state index is 9.20. The van der Waals surface area contributed by atoms with Crippen LogP contribution in [0.2, 0.25) is 0 Å². The predicted molar refractivity (Wildman–Crippen MR) is 77.7 cm³/mol. The van der Waals surface area contributed by atoms with E-state index in [1.165, 1.54) is 32.2 Å². The average Bonchev–Trinajstić information content (AvgIpc) is 2.77. The smallest absolute Gasteiger partial charge is 0.0471 e. The van der Waals surface area contributed by atoms with Gasteiger partial charge in [0.2, 0.25) is 0 Å². The molecule has 1 atom stereocenters. The largest absolute Gasteiger partial charge is 0.396 e. The summed E-state index contributed by atoms with van der Waals surface area (Å²) in [6.45, 7) is 8.32. The molecule has 0 aliphatic carbocycles. The molecule has 2 nitrogen and oxygen atoms in total. The normalized spacial score (nSPS) is 22.2. The van der Waals surface area contributed by atoms with Gasteiger partial charge in [-0.15, -0.1) is 0 Å². The Morgan fingerprint density at radius 2 is 1.94 bits per heavy atom. The average molecular weight is 259 g/mol. The molecule has 1 saturated heterocycles. The number of nitrogens with zero attached hydrogens (tertiary/aromatic N) is 1. The van der Waals surface area contributed by atoms with Crippen molar-refractivity contribution in [3.05, 3.63) is 0 Å². The van der Waals surface area contributed by atoms with Crippen molar-refractivity contribution in [3.8, 4) is 0 Å². The first-order valence-corrected chi connectivity index (χ1v) is 7.77. The first kappa shape index (κ1) is 15.3. The molecule has 0 aromatic rings. The molecule has 0 spiro atoms. The minimum atomic E-state index is 0.353. The van der Waals surface area contributed by atoms with Crippen LogP contribution in [-0.4, -0.2) is 42.0 Å². The lowest BCUT2D eigenvalue weighted by molar-refractivity contribution is 0.157. The summed E-state index contributed by atoms with van der Waals surface area (Å²) in [5, 5.41) is 9.20. The van der Waals surface area contributed by atoms with Crippen molar-refractivity contribution < 1.29 is 5.11 Å². The standard InChI is InChI=1S/C14H29NOS/c1-3-6-14(12-17,7-4-2)11-15-8-5-13(9-15)10-16/h13,16-17H,3-12H2,1-2H3. The van der Waals surface area contributed by atoms with Gasteiger partial charge in [0, 0.05) is 19.7 Å². The van der Waals surface area contributed by atoms with Gasteiger partial charge in [0.1, 0.15) is 0 Å². The van der Waals surface area contributed by atoms with Crippen LogP contribution in [0.1, 0.15) is 46.0 Å². The van der Waals surface area contributed by atoms with Gasteiger partial charge in [-0.2, -0.15) is 12.6 Å².